The summed E-state index contributed by atoms with van der Waals surface area (Å²) in [6.07, 6.45) is 1.56. The molecule has 2 N–H and O–H groups in total. The third kappa shape index (κ3) is 4.70. The Bertz CT molecular complexity index is 364. The maximum atomic E-state index is 10.1. The smallest absolute Gasteiger partial charge is 0.0766 e. The van der Waals surface area contributed by atoms with Gasteiger partial charge in [0, 0.05) is 22.0 Å². The lowest BCUT2D eigenvalue weighted by Gasteiger charge is -2.25. The Kier molecular flexibility index (Phi) is 6.13. The molecule has 0 aliphatic heterocycles. The first-order chi connectivity index (χ1) is 8.00. The van der Waals surface area contributed by atoms with Gasteiger partial charge >= 0.3 is 0 Å². The van der Waals surface area contributed by atoms with Crippen LogP contribution in [-0.2, 0) is 6.54 Å². The van der Waals surface area contributed by atoms with Gasteiger partial charge in [-0.1, -0.05) is 19.9 Å². The number of rotatable bonds is 6. The maximum Gasteiger partial charge on any atom is 0.0766 e. The largest absolute Gasteiger partial charge is 0.389 e. The number of halogens is 2. The van der Waals surface area contributed by atoms with Crippen molar-refractivity contribution >= 4 is 31.9 Å². The Hall–Kier alpha value is 0.1000. The van der Waals surface area contributed by atoms with Gasteiger partial charge in [0.25, 0.3) is 0 Å². The van der Waals surface area contributed by atoms with Crippen molar-refractivity contribution in [3.05, 3.63) is 32.7 Å². The van der Waals surface area contributed by atoms with E-state index in [-0.39, 0.29) is 0 Å². The van der Waals surface area contributed by atoms with E-state index in [9.17, 15) is 5.11 Å². The fourth-order valence-corrected chi connectivity index (χ4v) is 2.26. The molecule has 0 heterocycles. The minimum absolute atomic E-state index is 0.577. The van der Waals surface area contributed by atoms with Crippen LogP contribution in [0.3, 0.4) is 0 Å². The Morgan fingerprint density at radius 3 is 2.35 bits per heavy atom. The summed E-state index contributed by atoms with van der Waals surface area (Å²) in [6, 6.07) is 6.17. The molecule has 1 aromatic carbocycles. The van der Waals surface area contributed by atoms with Gasteiger partial charge in [-0.3, -0.25) is 0 Å². The lowest BCUT2D eigenvalue weighted by atomic mass is 9.97. The van der Waals surface area contributed by atoms with Gasteiger partial charge in [0.15, 0.2) is 0 Å². The number of hydrogen-bond donors (Lipinski definition) is 2. The van der Waals surface area contributed by atoms with E-state index in [1.807, 2.05) is 19.9 Å². The average molecular weight is 365 g/mol. The van der Waals surface area contributed by atoms with E-state index in [2.05, 4.69) is 49.3 Å². The highest BCUT2D eigenvalue weighted by molar-refractivity contribution is 9.13. The van der Waals surface area contributed by atoms with Gasteiger partial charge in [0.05, 0.1) is 5.60 Å². The second-order valence-corrected chi connectivity index (χ2v) is 5.99. The van der Waals surface area contributed by atoms with Crippen LogP contribution in [0.15, 0.2) is 27.1 Å². The quantitative estimate of drug-likeness (QED) is 0.803. The Morgan fingerprint density at radius 2 is 1.82 bits per heavy atom. The molecule has 17 heavy (non-hydrogen) atoms. The molecule has 0 aromatic heterocycles. The second kappa shape index (κ2) is 6.88. The van der Waals surface area contributed by atoms with Crippen molar-refractivity contribution in [2.75, 3.05) is 6.54 Å². The molecule has 0 spiro atoms. The maximum absolute atomic E-state index is 10.1. The SMILES string of the molecule is CCC(O)(CC)CNCc1ccc(Br)c(Br)c1. The van der Waals surface area contributed by atoms with Crippen LogP contribution in [0.25, 0.3) is 0 Å². The van der Waals surface area contributed by atoms with E-state index in [4.69, 9.17) is 0 Å². The summed E-state index contributed by atoms with van der Waals surface area (Å²) in [7, 11) is 0. The van der Waals surface area contributed by atoms with Crippen LogP contribution in [-0.4, -0.2) is 17.3 Å². The molecule has 0 aliphatic rings. The number of nitrogens with one attached hydrogen (secondary N) is 1. The van der Waals surface area contributed by atoms with Crippen molar-refractivity contribution in [1.82, 2.24) is 5.32 Å². The zero-order chi connectivity index (χ0) is 12.9. The van der Waals surface area contributed by atoms with E-state index in [0.717, 1.165) is 28.3 Å². The monoisotopic (exact) mass is 363 g/mol. The van der Waals surface area contributed by atoms with Crippen molar-refractivity contribution in [1.29, 1.82) is 0 Å². The lowest BCUT2D eigenvalue weighted by molar-refractivity contribution is 0.0323. The van der Waals surface area contributed by atoms with E-state index >= 15 is 0 Å². The van der Waals surface area contributed by atoms with Crippen LogP contribution < -0.4 is 5.32 Å². The molecule has 0 saturated carbocycles. The van der Waals surface area contributed by atoms with Gasteiger partial charge in [0.1, 0.15) is 0 Å². The van der Waals surface area contributed by atoms with Crippen molar-refractivity contribution in [2.24, 2.45) is 0 Å². The highest BCUT2D eigenvalue weighted by atomic mass is 79.9. The van der Waals surface area contributed by atoms with Crippen molar-refractivity contribution in [3.63, 3.8) is 0 Å². The van der Waals surface area contributed by atoms with Gasteiger partial charge < -0.3 is 10.4 Å². The Balaban J connectivity index is 2.48. The molecule has 0 radical (unpaired) electrons. The molecule has 0 saturated heterocycles. The first-order valence-electron chi connectivity index (χ1n) is 5.88. The predicted octanol–water partition coefficient (Wildman–Crippen LogP) is 3.85. The first-order valence-corrected chi connectivity index (χ1v) is 7.46. The van der Waals surface area contributed by atoms with Gasteiger partial charge in [0.2, 0.25) is 0 Å². The Labute approximate surface area is 120 Å². The van der Waals surface area contributed by atoms with Crippen LogP contribution in [0.1, 0.15) is 32.3 Å². The Morgan fingerprint density at radius 1 is 1.18 bits per heavy atom. The van der Waals surface area contributed by atoms with Crippen molar-refractivity contribution in [2.45, 2.75) is 38.8 Å². The first kappa shape index (κ1) is 15.2. The second-order valence-electron chi connectivity index (χ2n) is 4.28. The van der Waals surface area contributed by atoms with Crippen molar-refractivity contribution in [3.8, 4) is 0 Å². The number of hydrogen-bond acceptors (Lipinski definition) is 2. The van der Waals surface area contributed by atoms with Crippen LogP contribution >= 0.6 is 31.9 Å². The molecule has 0 bridgehead atoms. The minimum atomic E-state index is -0.577. The fourth-order valence-electron chi connectivity index (χ4n) is 1.59. The highest BCUT2D eigenvalue weighted by Gasteiger charge is 2.20. The summed E-state index contributed by atoms with van der Waals surface area (Å²) in [6.45, 7) is 5.44. The van der Waals surface area contributed by atoms with E-state index in [1.54, 1.807) is 0 Å². The molecule has 1 aromatic rings. The fraction of sp³-hybridized carbons (Fsp3) is 0.538. The van der Waals surface area contributed by atoms with Crippen LogP contribution in [0.2, 0.25) is 0 Å². The zero-order valence-electron chi connectivity index (χ0n) is 10.3. The number of benzene rings is 1. The standard InChI is InChI=1S/C13H19Br2NO/c1-3-13(17,4-2)9-16-8-10-5-6-11(14)12(15)7-10/h5-7,16-17H,3-4,8-9H2,1-2H3. The van der Waals surface area contributed by atoms with E-state index in [0.29, 0.717) is 6.54 Å². The molecule has 4 heteroatoms. The molecule has 0 fully saturated rings. The molecule has 0 unspecified atom stereocenters. The molecule has 1 rings (SSSR count). The number of aliphatic hydroxyl groups is 1. The van der Waals surface area contributed by atoms with Crippen LogP contribution in [0.4, 0.5) is 0 Å². The molecule has 96 valence electrons. The zero-order valence-corrected chi connectivity index (χ0v) is 13.4. The van der Waals surface area contributed by atoms with Crippen LogP contribution in [0, 0.1) is 0 Å². The average Bonchev–Trinajstić information content (AvgIpc) is 2.33. The lowest BCUT2D eigenvalue weighted by Crippen LogP contribution is -2.39. The minimum Gasteiger partial charge on any atom is -0.389 e. The summed E-state index contributed by atoms with van der Waals surface area (Å²) in [4.78, 5) is 0. The van der Waals surface area contributed by atoms with Crippen LogP contribution in [0.5, 0.6) is 0 Å². The highest BCUT2D eigenvalue weighted by Crippen LogP contribution is 2.23. The summed E-state index contributed by atoms with van der Waals surface area (Å²) in [5.74, 6) is 0. The molecule has 0 amide bonds. The third-order valence-corrected chi connectivity index (χ3v) is 4.96. The summed E-state index contributed by atoms with van der Waals surface area (Å²) < 4.78 is 2.11. The van der Waals surface area contributed by atoms with E-state index in [1.165, 1.54) is 5.56 Å². The summed E-state index contributed by atoms with van der Waals surface area (Å²) in [5, 5.41) is 13.4. The summed E-state index contributed by atoms with van der Waals surface area (Å²) in [5.41, 5.74) is 0.627. The molecule has 0 aliphatic carbocycles. The summed E-state index contributed by atoms with van der Waals surface area (Å²) >= 11 is 6.93. The molecular formula is C13H19Br2NO. The van der Waals surface area contributed by atoms with Gasteiger partial charge in [-0.05, 0) is 62.4 Å². The normalized spacial score (nSPS) is 11.8. The predicted molar refractivity (Wildman–Crippen MR) is 79.1 cm³/mol. The molecule has 0 atom stereocenters. The molecular weight excluding hydrogens is 346 g/mol. The molecule has 2 nitrogen and oxygen atoms in total. The third-order valence-electron chi connectivity index (χ3n) is 3.08. The van der Waals surface area contributed by atoms with Gasteiger partial charge in [-0.15, -0.1) is 0 Å². The van der Waals surface area contributed by atoms with Gasteiger partial charge in [-0.2, -0.15) is 0 Å². The topological polar surface area (TPSA) is 32.3 Å². The van der Waals surface area contributed by atoms with Gasteiger partial charge in [-0.25, -0.2) is 0 Å². The van der Waals surface area contributed by atoms with E-state index < -0.39 is 5.60 Å². The van der Waals surface area contributed by atoms with Crippen molar-refractivity contribution < 1.29 is 5.11 Å².